The molecule has 126 valence electrons. The Labute approximate surface area is 132 Å². The summed E-state index contributed by atoms with van der Waals surface area (Å²) in [5, 5.41) is 3.18. The summed E-state index contributed by atoms with van der Waals surface area (Å²) in [6.45, 7) is 10.8. The molecule has 0 spiro atoms. The van der Waals surface area contributed by atoms with Gasteiger partial charge in [0.25, 0.3) is 5.91 Å². The van der Waals surface area contributed by atoms with E-state index in [9.17, 15) is 9.59 Å². The Morgan fingerprint density at radius 3 is 2.41 bits per heavy atom. The number of hydrogen-bond donors (Lipinski definition) is 1. The number of nitrogens with one attached hydrogen (secondary N) is 1. The minimum Gasteiger partial charge on any atom is -0.366 e. The molecule has 0 aliphatic carbocycles. The van der Waals surface area contributed by atoms with Gasteiger partial charge in [-0.05, 0) is 13.8 Å². The van der Waals surface area contributed by atoms with Gasteiger partial charge in [0.1, 0.15) is 6.10 Å². The molecule has 0 radical (unpaired) electrons. The van der Waals surface area contributed by atoms with Crippen LogP contribution in [0.5, 0.6) is 0 Å². The zero-order chi connectivity index (χ0) is 15.9. The van der Waals surface area contributed by atoms with Crippen LogP contribution >= 0.6 is 0 Å². The van der Waals surface area contributed by atoms with Crippen molar-refractivity contribution in [3.8, 4) is 0 Å². The molecule has 1 N–H and O–H groups in total. The molecule has 2 amide bonds. The summed E-state index contributed by atoms with van der Waals surface area (Å²) in [5.74, 6) is 0.242. The first-order chi connectivity index (χ1) is 10.7. The Morgan fingerprint density at radius 2 is 1.86 bits per heavy atom. The van der Waals surface area contributed by atoms with Gasteiger partial charge in [-0.3, -0.25) is 14.5 Å². The van der Waals surface area contributed by atoms with Crippen molar-refractivity contribution >= 4 is 11.8 Å². The zero-order valence-corrected chi connectivity index (χ0v) is 13.7. The number of nitrogens with zero attached hydrogens (tertiary/aromatic N) is 3. The third kappa shape index (κ3) is 4.41. The molecule has 2 aliphatic heterocycles. The Morgan fingerprint density at radius 1 is 1.18 bits per heavy atom. The number of morpholine rings is 1. The van der Waals surface area contributed by atoms with E-state index in [1.165, 1.54) is 0 Å². The van der Waals surface area contributed by atoms with Crippen molar-refractivity contribution in [2.75, 3.05) is 65.5 Å². The number of likely N-dealkylation sites (N-methyl/N-ethyl adjacent to an activating group) is 1. The summed E-state index contributed by atoms with van der Waals surface area (Å²) < 4.78 is 5.52. The van der Waals surface area contributed by atoms with Crippen LogP contribution in [0, 0.1) is 0 Å². The van der Waals surface area contributed by atoms with Crippen molar-refractivity contribution in [3.63, 3.8) is 0 Å². The molecule has 2 fully saturated rings. The lowest BCUT2D eigenvalue weighted by Crippen LogP contribution is -2.56. The normalized spacial score (nSPS) is 23.4. The summed E-state index contributed by atoms with van der Waals surface area (Å²) in [7, 11) is 0. The van der Waals surface area contributed by atoms with Crippen LogP contribution in [-0.4, -0.2) is 98.1 Å². The molecule has 7 nitrogen and oxygen atoms in total. The van der Waals surface area contributed by atoms with Gasteiger partial charge in [0.05, 0.1) is 13.2 Å². The fraction of sp³-hybridized carbons (Fsp3) is 0.867. The average Bonchev–Trinajstić information content (AvgIpc) is 2.57. The smallest absolute Gasteiger partial charge is 0.253 e. The standard InChI is InChI=1S/C15H28N4O3/c1-3-18(4-2)14(20)12-17-6-8-19(9-7-17)15(21)13-11-16-5-10-22-13/h13,16H,3-12H2,1-2H3. The maximum atomic E-state index is 12.4. The first-order valence-corrected chi connectivity index (χ1v) is 8.27. The van der Waals surface area contributed by atoms with Crippen LogP contribution in [0.2, 0.25) is 0 Å². The number of piperazine rings is 1. The molecule has 0 bridgehead atoms. The summed E-state index contributed by atoms with van der Waals surface area (Å²) >= 11 is 0. The van der Waals surface area contributed by atoms with E-state index >= 15 is 0 Å². The van der Waals surface area contributed by atoms with Gasteiger partial charge in [0.15, 0.2) is 0 Å². The van der Waals surface area contributed by atoms with Crippen molar-refractivity contribution in [3.05, 3.63) is 0 Å². The van der Waals surface area contributed by atoms with E-state index in [0.29, 0.717) is 32.8 Å². The summed E-state index contributed by atoms with van der Waals surface area (Å²) in [6, 6.07) is 0. The second kappa shape index (κ2) is 8.45. The molecular weight excluding hydrogens is 284 g/mol. The molecule has 0 aromatic rings. The largest absolute Gasteiger partial charge is 0.366 e. The van der Waals surface area contributed by atoms with E-state index in [1.807, 2.05) is 23.6 Å². The number of carbonyl (C=O) groups is 2. The maximum absolute atomic E-state index is 12.4. The highest BCUT2D eigenvalue weighted by molar-refractivity contribution is 5.81. The first-order valence-electron chi connectivity index (χ1n) is 8.27. The van der Waals surface area contributed by atoms with Crippen LogP contribution in [0.1, 0.15) is 13.8 Å². The number of ether oxygens (including phenoxy) is 1. The molecule has 22 heavy (non-hydrogen) atoms. The number of rotatable bonds is 5. The highest BCUT2D eigenvalue weighted by atomic mass is 16.5. The third-order valence-electron chi connectivity index (χ3n) is 4.36. The second-order valence-electron chi connectivity index (χ2n) is 5.73. The van der Waals surface area contributed by atoms with Gasteiger partial charge >= 0.3 is 0 Å². The highest BCUT2D eigenvalue weighted by Gasteiger charge is 2.29. The van der Waals surface area contributed by atoms with E-state index in [4.69, 9.17) is 4.74 Å². The van der Waals surface area contributed by atoms with Crippen LogP contribution in [0.25, 0.3) is 0 Å². The molecule has 0 aromatic heterocycles. The van der Waals surface area contributed by atoms with Gasteiger partial charge in [-0.25, -0.2) is 0 Å². The van der Waals surface area contributed by atoms with Crippen molar-refractivity contribution in [2.24, 2.45) is 0 Å². The van der Waals surface area contributed by atoms with Crippen LogP contribution < -0.4 is 5.32 Å². The van der Waals surface area contributed by atoms with Crippen molar-refractivity contribution in [1.82, 2.24) is 20.0 Å². The van der Waals surface area contributed by atoms with Crippen LogP contribution in [-0.2, 0) is 14.3 Å². The summed E-state index contributed by atoms with van der Waals surface area (Å²) in [4.78, 5) is 30.3. The highest BCUT2D eigenvalue weighted by Crippen LogP contribution is 2.08. The predicted molar refractivity (Wildman–Crippen MR) is 83.6 cm³/mol. The van der Waals surface area contributed by atoms with E-state index in [2.05, 4.69) is 10.2 Å². The Balaban J connectivity index is 1.75. The molecule has 0 aromatic carbocycles. The monoisotopic (exact) mass is 312 g/mol. The number of amides is 2. The second-order valence-corrected chi connectivity index (χ2v) is 5.73. The fourth-order valence-electron chi connectivity index (χ4n) is 2.92. The molecule has 1 unspecified atom stereocenters. The lowest BCUT2D eigenvalue weighted by atomic mass is 10.2. The molecule has 7 heteroatoms. The molecule has 2 heterocycles. The summed E-state index contributed by atoms with van der Waals surface area (Å²) in [6.07, 6.45) is -0.349. The van der Waals surface area contributed by atoms with E-state index < -0.39 is 0 Å². The van der Waals surface area contributed by atoms with Gasteiger partial charge < -0.3 is 19.9 Å². The molecule has 1 atom stereocenters. The van der Waals surface area contributed by atoms with Crippen molar-refractivity contribution in [2.45, 2.75) is 20.0 Å². The van der Waals surface area contributed by atoms with E-state index in [0.717, 1.165) is 32.7 Å². The molecule has 0 saturated carbocycles. The number of hydrogen-bond acceptors (Lipinski definition) is 5. The quantitative estimate of drug-likeness (QED) is 0.704. The number of carbonyl (C=O) groups excluding carboxylic acids is 2. The van der Waals surface area contributed by atoms with Gasteiger partial charge in [-0.15, -0.1) is 0 Å². The Hall–Kier alpha value is -1.18. The van der Waals surface area contributed by atoms with Crippen LogP contribution in [0.15, 0.2) is 0 Å². The molecular formula is C15H28N4O3. The molecule has 2 saturated heterocycles. The predicted octanol–water partition coefficient (Wildman–Crippen LogP) is -1.01. The third-order valence-corrected chi connectivity index (χ3v) is 4.36. The fourth-order valence-corrected chi connectivity index (χ4v) is 2.92. The summed E-state index contributed by atoms with van der Waals surface area (Å²) in [5.41, 5.74) is 0. The minimum absolute atomic E-state index is 0.0712. The van der Waals surface area contributed by atoms with Gasteiger partial charge in [0.2, 0.25) is 5.91 Å². The van der Waals surface area contributed by atoms with Crippen LogP contribution in [0.4, 0.5) is 0 Å². The van der Waals surface area contributed by atoms with Gasteiger partial charge in [-0.2, -0.15) is 0 Å². The molecule has 2 aliphatic rings. The minimum atomic E-state index is -0.349. The van der Waals surface area contributed by atoms with Crippen LogP contribution in [0.3, 0.4) is 0 Å². The average molecular weight is 312 g/mol. The Bertz CT molecular complexity index is 373. The lowest BCUT2D eigenvalue weighted by Gasteiger charge is -2.37. The van der Waals surface area contributed by atoms with Crippen molar-refractivity contribution < 1.29 is 14.3 Å². The van der Waals surface area contributed by atoms with Gasteiger partial charge in [-0.1, -0.05) is 0 Å². The van der Waals surface area contributed by atoms with Crippen molar-refractivity contribution in [1.29, 1.82) is 0 Å². The Kier molecular flexibility index (Phi) is 6.60. The maximum Gasteiger partial charge on any atom is 0.253 e. The van der Waals surface area contributed by atoms with E-state index in [1.54, 1.807) is 0 Å². The lowest BCUT2D eigenvalue weighted by molar-refractivity contribution is -0.147. The van der Waals surface area contributed by atoms with E-state index in [-0.39, 0.29) is 17.9 Å². The van der Waals surface area contributed by atoms with Gasteiger partial charge in [0, 0.05) is 52.4 Å². The molecule has 2 rings (SSSR count). The topological polar surface area (TPSA) is 65.1 Å². The SMILES string of the molecule is CCN(CC)C(=O)CN1CCN(C(=O)C2CNCCO2)CC1. The first kappa shape index (κ1) is 17.2. The zero-order valence-electron chi connectivity index (χ0n) is 13.7.